The monoisotopic (exact) mass is 464 g/mol. The number of methoxy groups -OCH3 is 1. The molecule has 3 rings (SSSR count). The summed E-state index contributed by atoms with van der Waals surface area (Å²) in [5.74, 6) is 0.800. The molecule has 170 valence electrons. The highest BCUT2D eigenvalue weighted by Gasteiger charge is 2.25. The molecule has 1 aliphatic heterocycles. The van der Waals surface area contributed by atoms with Gasteiger partial charge in [0.05, 0.1) is 18.8 Å². The number of carbonyl (C=O) groups is 1. The molecule has 7 heteroatoms. The Morgan fingerprint density at radius 1 is 1.06 bits per heavy atom. The highest BCUT2D eigenvalue weighted by Crippen LogP contribution is 2.21. The molecule has 0 spiro atoms. The molecule has 1 heterocycles. The summed E-state index contributed by atoms with van der Waals surface area (Å²) in [5.41, 5.74) is 2.34. The molecule has 0 aliphatic carbocycles. The number of halogens is 1. The molecule has 1 unspecified atom stereocenters. The zero-order chi connectivity index (χ0) is 22.2. The van der Waals surface area contributed by atoms with Crippen LogP contribution in [0.2, 0.25) is 0 Å². The number of nitrogens with zero attached hydrogens (tertiary/aromatic N) is 1. The van der Waals surface area contributed by atoms with Crippen LogP contribution in [0.5, 0.6) is 0 Å². The van der Waals surface area contributed by atoms with Crippen molar-refractivity contribution in [3.63, 3.8) is 0 Å². The van der Waals surface area contributed by atoms with E-state index in [1.165, 1.54) is 12.7 Å². The number of aliphatic imine (C=N–C) groups is 1. The summed E-state index contributed by atoms with van der Waals surface area (Å²) in [4.78, 5) is 15.6. The van der Waals surface area contributed by atoms with E-state index in [1.54, 1.807) is 11.8 Å². The van der Waals surface area contributed by atoms with Crippen LogP contribution in [-0.2, 0) is 27.1 Å². The Bertz CT molecular complexity index is 786. The zero-order valence-electron chi connectivity index (χ0n) is 18.7. The first-order chi connectivity index (χ1) is 14.6. The van der Waals surface area contributed by atoms with Gasteiger partial charge in [-0.3, -0.25) is 10.4 Å². The number of rotatable bonds is 6. The fourth-order valence-electron chi connectivity index (χ4n) is 2.55. The topological polar surface area (TPSA) is 71.7 Å². The van der Waals surface area contributed by atoms with E-state index in [4.69, 9.17) is 10.1 Å². The van der Waals surface area contributed by atoms with E-state index in [1.807, 2.05) is 69.3 Å². The average molecular weight is 465 g/mol. The second kappa shape index (κ2) is 17.4. The largest absolute Gasteiger partial charge is 0.481 e. The van der Waals surface area contributed by atoms with Crippen LogP contribution in [0.4, 0.5) is 0 Å². The smallest absolute Gasteiger partial charge is 0.331 e. The molecule has 0 fully saturated rings. The standard InChI is InChI=1S/C12H13NO2S.C10H13NO.C2H6.ClH/c1-15-12(14)10-8-16-11(13-10)7-9-5-3-2-4-6-9;1-2-12-10(11)8-9-6-4-3-5-7-9;1-2;/h2-6,10H,7-8H2,1H3;3-7,11H,2,8H2,1H3;1-2H3;1H. The summed E-state index contributed by atoms with van der Waals surface area (Å²) in [5, 5.41) is 8.42. The number of carbonyl (C=O) groups excluding carboxylic acids is 1. The number of hydrogen-bond acceptors (Lipinski definition) is 6. The molecule has 0 radical (unpaired) electrons. The minimum absolute atomic E-state index is 0. The number of thioether (sulfide) groups is 1. The number of benzene rings is 2. The highest BCUT2D eigenvalue weighted by molar-refractivity contribution is 8.14. The molecule has 2 aromatic rings. The van der Waals surface area contributed by atoms with Crippen LogP contribution in [0, 0.1) is 5.41 Å². The lowest BCUT2D eigenvalue weighted by Gasteiger charge is -2.03. The van der Waals surface area contributed by atoms with Gasteiger partial charge in [-0.2, -0.15) is 0 Å². The Labute approximate surface area is 196 Å². The summed E-state index contributed by atoms with van der Waals surface area (Å²) in [6.45, 7) is 6.46. The lowest BCUT2D eigenvalue weighted by molar-refractivity contribution is -0.141. The molecule has 0 saturated carbocycles. The lowest BCUT2D eigenvalue weighted by atomic mass is 10.1. The van der Waals surface area contributed by atoms with Gasteiger partial charge < -0.3 is 9.47 Å². The van der Waals surface area contributed by atoms with Crippen LogP contribution in [0.3, 0.4) is 0 Å². The Kier molecular flexibility index (Phi) is 16.1. The van der Waals surface area contributed by atoms with Crippen LogP contribution in [0.25, 0.3) is 0 Å². The van der Waals surface area contributed by atoms with E-state index in [9.17, 15) is 4.79 Å². The molecule has 31 heavy (non-hydrogen) atoms. The Hall–Kier alpha value is -2.31. The van der Waals surface area contributed by atoms with Crippen molar-refractivity contribution >= 4 is 41.1 Å². The molecule has 0 amide bonds. The molecule has 1 N–H and O–H groups in total. The fraction of sp³-hybridized carbons (Fsp3) is 0.375. The van der Waals surface area contributed by atoms with E-state index >= 15 is 0 Å². The lowest BCUT2D eigenvalue weighted by Crippen LogP contribution is -2.19. The normalized spacial score (nSPS) is 13.8. The van der Waals surface area contributed by atoms with Crippen LogP contribution < -0.4 is 0 Å². The van der Waals surface area contributed by atoms with Crippen molar-refractivity contribution < 1.29 is 14.3 Å². The van der Waals surface area contributed by atoms with Gasteiger partial charge in [0.1, 0.15) is 0 Å². The molecule has 5 nitrogen and oxygen atoms in total. The number of esters is 1. The fourth-order valence-corrected chi connectivity index (χ4v) is 3.59. The predicted octanol–water partition coefficient (Wildman–Crippen LogP) is 5.61. The number of hydrogen-bond donors (Lipinski definition) is 1. The van der Waals surface area contributed by atoms with Crippen molar-refractivity contribution in [3.8, 4) is 0 Å². The Balaban J connectivity index is 0.000000540. The maximum absolute atomic E-state index is 11.3. The second-order valence-corrected chi connectivity index (χ2v) is 7.15. The van der Waals surface area contributed by atoms with Crippen molar-refractivity contribution in [2.24, 2.45) is 4.99 Å². The highest BCUT2D eigenvalue weighted by atomic mass is 35.5. The third-order valence-electron chi connectivity index (χ3n) is 3.91. The molecule has 0 bridgehead atoms. The quantitative estimate of drug-likeness (QED) is 0.342. The first-order valence-electron chi connectivity index (χ1n) is 10.2. The van der Waals surface area contributed by atoms with Crippen molar-refractivity contribution in [3.05, 3.63) is 71.8 Å². The minimum Gasteiger partial charge on any atom is -0.481 e. The molecule has 0 aromatic heterocycles. The molecule has 1 aliphatic rings. The van der Waals surface area contributed by atoms with Gasteiger partial charge in [-0.1, -0.05) is 74.5 Å². The number of ether oxygens (including phenoxy) is 2. The van der Waals surface area contributed by atoms with Crippen LogP contribution in [0.1, 0.15) is 31.9 Å². The maximum Gasteiger partial charge on any atom is 0.331 e. The van der Waals surface area contributed by atoms with Crippen molar-refractivity contribution in [2.45, 2.75) is 39.7 Å². The van der Waals surface area contributed by atoms with Gasteiger partial charge >= 0.3 is 5.97 Å². The Morgan fingerprint density at radius 3 is 2.13 bits per heavy atom. The second-order valence-electron chi connectivity index (χ2n) is 6.05. The summed E-state index contributed by atoms with van der Waals surface area (Å²) in [6.07, 6.45) is 1.40. The van der Waals surface area contributed by atoms with Gasteiger partial charge in [-0.05, 0) is 18.1 Å². The van der Waals surface area contributed by atoms with Gasteiger partial charge in [0.15, 0.2) is 11.9 Å². The third kappa shape index (κ3) is 11.6. The van der Waals surface area contributed by atoms with Gasteiger partial charge in [0.2, 0.25) is 0 Å². The van der Waals surface area contributed by atoms with Gasteiger partial charge in [0.25, 0.3) is 0 Å². The van der Waals surface area contributed by atoms with Crippen molar-refractivity contribution in [1.29, 1.82) is 5.41 Å². The van der Waals surface area contributed by atoms with Crippen LogP contribution in [0.15, 0.2) is 65.7 Å². The molecule has 0 saturated heterocycles. The molecular weight excluding hydrogens is 432 g/mol. The van der Waals surface area contributed by atoms with E-state index < -0.39 is 0 Å². The Morgan fingerprint density at radius 2 is 1.61 bits per heavy atom. The SMILES string of the molecule is CC.CCOC(=N)Cc1ccccc1.COC(=O)C1CSC(Cc2ccccc2)=N1.Cl. The summed E-state index contributed by atoms with van der Waals surface area (Å²) < 4.78 is 9.70. The average Bonchev–Trinajstić information content (AvgIpc) is 3.25. The van der Waals surface area contributed by atoms with E-state index in [2.05, 4.69) is 21.9 Å². The first-order valence-corrected chi connectivity index (χ1v) is 11.2. The summed E-state index contributed by atoms with van der Waals surface area (Å²) in [6, 6.07) is 19.7. The van der Waals surface area contributed by atoms with E-state index in [0.29, 0.717) is 24.7 Å². The van der Waals surface area contributed by atoms with Crippen molar-refractivity contribution in [1.82, 2.24) is 0 Å². The van der Waals surface area contributed by atoms with E-state index in [0.717, 1.165) is 17.0 Å². The minimum atomic E-state index is -0.311. The predicted molar refractivity (Wildman–Crippen MR) is 134 cm³/mol. The third-order valence-corrected chi connectivity index (χ3v) is 4.97. The van der Waals surface area contributed by atoms with Crippen molar-refractivity contribution in [2.75, 3.05) is 19.5 Å². The maximum atomic E-state index is 11.3. The van der Waals surface area contributed by atoms with Gasteiger partial charge in [-0.25, -0.2) is 4.79 Å². The molecule has 2 aromatic carbocycles. The molecule has 1 atom stereocenters. The van der Waals surface area contributed by atoms with Crippen LogP contribution in [-0.4, -0.2) is 42.4 Å². The van der Waals surface area contributed by atoms with Crippen LogP contribution >= 0.6 is 24.2 Å². The number of nitrogens with one attached hydrogen (secondary N) is 1. The summed E-state index contributed by atoms with van der Waals surface area (Å²) >= 11 is 1.64. The summed E-state index contributed by atoms with van der Waals surface area (Å²) in [7, 11) is 1.40. The molecular formula is C24H33ClN2O3S. The van der Waals surface area contributed by atoms with Gasteiger partial charge in [-0.15, -0.1) is 24.2 Å². The van der Waals surface area contributed by atoms with E-state index in [-0.39, 0.29) is 24.4 Å². The van der Waals surface area contributed by atoms with Gasteiger partial charge in [0, 0.05) is 18.6 Å². The first kappa shape index (κ1) is 28.7. The zero-order valence-corrected chi connectivity index (χ0v) is 20.3.